The third kappa shape index (κ3) is 5.82. The average Bonchev–Trinajstić information content (AvgIpc) is 3.35. The van der Waals surface area contributed by atoms with E-state index in [9.17, 15) is 14.9 Å². The summed E-state index contributed by atoms with van der Waals surface area (Å²) in [7, 11) is 0. The summed E-state index contributed by atoms with van der Waals surface area (Å²) in [5.41, 5.74) is 4.16. The fourth-order valence-corrected chi connectivity index (χ4v) is 3.42. The number of nitrogens with zero attached hydrogens (tertiary/aromatic N) is 2. The van der Waals surface area contributed by atoms with E-state index >= 15 is 0 Å². The van der Waals surface area contributed by atoms with Crippen molar-refractivity contribution in [3.63, 3.8) is 0 Å². The molecule has 1 aromatic heterocycles. The number of imidazole rings is 1. The summed E-state index contributed by atoms with van der Waals surface area (Å²) in [5.74, 6) is 0.550. The van der Waals surface area contributed by atoms with E-state index in [1.54, 1.807) is 24.7 Å². The molecule has 1 heterocycles. The number of benzene rings is 3. The number of aromatic amines is 1. The van der Waals surface area contributed by atoms with E-state index in [0.717, 1.165) is 22.6 Å². The minimum Gasteiger partial charge on any atom is -0.493 e. The van der Waals surface area contributed by atoms with Crippen LogP contribution < -0.4 is 10.1 Å². The zero-order valence-corrected chi connectivity index (χ0v) is 17.7. The maximum Gasteiger partial charge on any atom is 0.269 e. The van der Waals surface area contributed by atoms with E-state index in [2.05, 4.69) is 15.3 Å². The molecule has 0 radical (unpaired) electrons. The SMILES string of the molecule is O=C(Cc1cccc([N+](=O)[O-])c1)Nc1ccc(CCOc2ccccc2-c2cnc[nH]2)cc1. The molecule has 2 N–H and O–H groups in total. The maximum absolute atomic E-state index is 12.3. The molecule has 1 amide bonds. The molecule has 0 fully saturated rings. The number of hydrogen-bond acceptors (Lipinski definition) is 5. The van der Waals surface area contributed by atoms with Crippen molar-refractivity contribution in [1.82, 2.24) is 9.97 Å². The van der Waals surface area contributed by atoms with Crippen LogP contribution >= 0.6 is 0 Å². The molecule has 0 spiro atoms. The summed E-state index contributed by atoms with van der Waals surface area (Å²) in [6, 6.07) is 21.4. The van der Waals surface area contributed by atoms with Crippen LogP contribution in [-0.4, -0.2) is 27.4 Å². The highest BCUT2D eigenvalue weighted by molar-refractivity contribution is 5.92. The first-order valence-electron chi connectivity index (χ1n) is 10.4. The first-order chi connectivity index (χ1) is 16.1. The summed E-state index contributed by atoms with van der Waals surface area (Å²) in [6.07, 6.45) is 4.16. The first kappa shape index (κ1) is 21.8. The summed E-state index contributed by atoms with van der Waals surface area (Å²) < 4.78 is 5.99. The number of carbonyl (C=O) groups excluding carboxylic acids is 1. The predicted molar refractivity (Wildman–Crippen MR) is 125 cm³/mol. The molecule has 0 saturated heterocycles. The lowest BCUT2D eigenvalue weighted by Gasteiger charge is -2.11. The maximum atomic E-state index is 12.3. The number of nitrogens with one attached hydrogen (secondary N) is 2. The summed E-state index contributed by atoms with van der Waals surface area (Å²) >= 11 is 0. The van der Waals surface area contributed by atoms with Crippen molar-refractivity contribution in [2.75, 3.05) is 11.9 Å². The molecule has 4 aromatic rings. The van der Waals surface area contributed by atoms with Gasteiger partial charge < -0.3 is 15.0 Å². The molecule has 3 aromatic carbocycles. The van der Waals surface area contributed by atoms with Crippen molar-refractivity contribution < 1.29 is 14.5 Å². The molecule has 0 aliphatic rings. The first-order valence-corrected chi connectivity index (χ1v) is 10.4. The molecular formula is C25H22N4O4. The number of nitro benzene ring substituents is 1. The van der Waals surface area contributed by atoms with Crippen LogP contribution in [0.15, 0.2) is 85.3 Å². The van der Waals surface area contributed by atoms with Gasteiger partial charge in [-0.3, -0.25) is 14.9 Å². The van der Waals surface area contributed by atoms with Gasteiger partial charge in [0.25, 0.3) is 5.69 Å². The Kier molecular flexibility index (Phi) is 6.75. The number of nitro groups is 1. The highest BCUT2D eigenvalue weighted by Crippen LogP contribution is 2.28. The topological polar surface area (TPSA) is 110 Å². The van der Waals surface area contributed by atoms with Crippen molar-refractivity contribution in [2.24, 2.45) is 0 Å². The lowest BCUT2D eigenvalue weighted by atomic mass is 10.1. The van der Waals surface area contributed by atoms with Gasteiger partial charge in [0.2, 0.25) is 5.91 Å². The number of ether oxygens (including phenoxy) is 1. The Morgan fingerprint density at radius 2 is 1.85 bits per heavy atom. The Bertz CT molecular complexity index is 1240. The molecule has 166 valence electrons. The Labute approximate surface area is 190 Å². The fourth-order valence-electron chi connectivity index (χ4n) is 3.42. The molecule has 0 aliphatic heterocycles. The largest absolute Gasteiger partial charge is 0.493 e. The molecule has 0 atom stereocenters. The van der Waals surface area contributed by atoms with E-state index in [1.165, 1.54) is 12.1 Å². The fraction of sp³-hybridized carbons (Fsp3) is 0.120. The summed E-state index contributed by atoms with van der Waals surface area (Å²) in [5, 5.41) is 13.7. The Morgan fingerprint density at radius 3 is 2.61 bits per heavy atom. The number of H-pyrrole nitrogens is 1. The molecule has 8 heteroatoms. The van der Waals surface area contributed by atoms with Crippen molar-refractivity contribution in [1.29, 1.82) is 0 Å². The van der Waals surface area contributed by atoms with Crippen LogP contribution in [0.2, 0.25) is 0 Å². The van der Waals surface area contributed by atoms with Gasteiger partial charge in [-0.25, -0.2) is 4.98 Å². The van der Waals surface area contributed by atoms with Crippen molar-refractivity contribution >= 4 is 17.3 Å². The summed E-state index contributed by atoms with van der Waals surface area (Å²) in [4.78, 5) is 29.9. The number of hydrogen-bond donors (Lipinski definition) is 2. The normalized spacial score (nSPS) is 10.5. The van der Waals surface area contributed by atoms with Gasteiger partial charge in [0.15, 0.2) is 0 Å². The van der Waals surface area contributed by atoms with Gasteiger partial charge in [0.05, 0.1) is 36.2 Å². The predicted octanol–water partition coefficient (Wildman–Crippen LogP) is 4.79. The van der Waals surface area contributed by atoms with Crippen LogP contribution in [0.4, 0.5) is 11.4 Å². The van der Waals surface area contributed by atoms with Crippen LogP contribution in [0.3, 0.4) is 0 Å². The number of carbonyl (C=O) groups is 1. The lowest BCUT2D eigenvalue weighted by Crippen LogP contribution is -2.14. The van der Waals surface area contributed by atoms with Crippen LogP contribution in [0.5, 0.6) is 5.75 Å². The minimum absolute atomic E-state index is 0.0286. The second-order valence-corrected chi connectivity index (χ2v) is 7.41. The molecule has 4 rings (SSSR count). The molecule has 0 unspecified atom stereocenters. The van der Waals surface area contributed by atoms with Gasteiger partial charge in [0.1, 0.15) is 5.75 Å². The highest BCUT2D eigenvalue weighted by Gasteiger charge is 2.10. The molecule has 0 bridgehead atoms. The van der Waals surface area contributed by atoms with E-state index in [-0.39, 0.29) is 18.0 Å². The minimum atomic E-state index is -0.472. The second kappa shape index (κ2) is 10.2. The Hall–Kier alpha value is -4.46. The van der Waals surface area contributed by atoms with Gasteiger partial charge >= 0.3 is 0 Å². The Morgan fingerprint density at radius 1 is 1.03 bits per heavy atom. The molecule has 33 heavy (non-hydrogen) atoms. The van der Waals surface area contributed by atoms with Gasteiger partial charge in [-0.05, 0) is 35.4 Å². The van der Waals surface area contributed by atoms with E-state index in [0.29, 0.717) is 24.3 Å². The monoisotopic (exact) mass is 442 g/mol. The van der Waals surface area contributed by atoms with Crippen molar-refractivity contribution in [3.05, 3.63) is 107 Å². The third-order valence-corrected chi connectivity index (χ3v) is 5.05. The molecular weight excluding hydrogens is 420 g/mol. The summed E-state index contributed by atoms with van der Waals surface area (Å²) in [6.45, 7) is 0.504. The Balaban J connectivity index is 1.29. The van der Waals surface area contributed by atoms with Gasteiger partial charge in [-0.2, -0.15) is 0 Å². The molecule has 0 aliphatic carbocycles. The van der Waals surface area contributed by atoms with E-state index in [1.807, 2.05) is 48.5 Å². The second-order valence-electron chi connectivity index (χ2n) is 7.41. The number of aromatic nitrogens is 2. The van der Waals surface area contributed by atoms with Gasteiger partial charge in [-0.1, -0.05) is 36.4 Å². The van der Waals surface area contributed by atoms with Crippen LogP contribution in [0, 0.1) is 10.1 Å². The number of para-hydroxylation sites is 1. The number of anilines is 1. The third-order valence-electron chi connectivity index (χ3n) is 5.05. The van der Waals surface area contributed by atoms with Crippen molar-refractivity contribution in [2.45, 2.75) is 12.8 Å². The molecule has 8 nitrogen and oxygen atoms in total. The average molecular weight is 442 g/mol. The van der Waals surface area contributed by atoms with Crippen LogP contribution in [0.25, 0.3) is 11.3 Å². The smallest absolute Gasteiger partial charge is 0.269 e. The van der Waals surface area contributed by atoms with E-state index in [4.69, 9.17) is 4.74 Å². The van der Waals surface area contributed by atoms with Crippen LogP contribution in [0.1, 0.15) is 11.1 Å². The lowest BCUT2D eigenvalue weighted by molar-refractivity contribution is -0.384. The van der Waals surface area contributed by atoms with Crippen molar-refractivity contribution in [3.8, 4) is 17.0 Å². The number of amides is 1. The zero-order valence-electron chi connectivity index (χ0n) is 17.7. The standard InChI is InChI=1S/C25H22N4O4/c30-25(15-19-4-3-5-21(14-19)29(31)32)28-20-10-8-18(9-11-20)12-13-33-24-7-2-1-6-22(24)23-16-26-17-27-23/h1-11,14,16-17H,12-13,15H2,(H,26,27)(H,28,30). The zero-order chi connectivity index (χ0) is 23.0. The van der Waals surface area contributed by atoms with Gasteiger partial charge in [-0.15, -0.1) is 0 Å². The number of rotatable bonds is 9. The van der Waals surface area contributed by atoms with Crippen LogP contribution in [-0.2, 0) is 17.6 Å². The van der Waals surface area contributed by atoms with Gasteiger partial charge in [0, 0.05) is 29.8 Å². The highest BCUT2D eigenvalue weighted by atomic mass is 16.6. The van der Waals surface area contributed by atoms with E-state index < -0.39 is 4.92 Å². The quantitative estimate of drug-likeness (QED) is 0.286. The molecule has 0 saturated carbocycles. The number of non-ortho nitro benzene ring substituents is 1.